The molecule has 0 atom stereocenters. The van der Waals surface area contributed by atoms with Crippen molar-refractivity contribution in [1.29, 1.82) is 0 Å². The van der Waals surface area contributed by atoms with Gasteiger partial charge in [0, 0.05) is 16.8 Å². The van der Waals surface area contributed by atoms with Gasteiger partial charge in [0.1, 0.15) is 5.82 Å². The van der Waals surface area contributed by atoms with E-state index in [0.29, 0.717) is 5.82 Å². The van der Waals surface area contributed by atoms with E-state index in [1.807, 2.05) is 37.3 Å². The first-order valence-corrected chi connectivity index (χ1v) is 5.02. The first-order chi connectivity index (χ1) is 7.16. The summed E-state index contributed by atoms with van der Waals surface area (Å²) in [5.41, 5.74) is 8.82. The van der Waals surface area contributed by atoms with Gasteiger partial charge in [-0.3, -0.25) is 0 Å². The lowest BCUT2D eigenvalue weighted by Gasteiger charge is -2.06. The van der Waals surface area contributed by atoms with Gasteiger partial charge in [0.15, 0.2) is 0 Å². The topological polar surface area (TPSA) is 38.9 Å². The Morgan fingerprint density at radius 1 is 1.27 bits per heavy atom. The molecule has 2 nitrogen and oxygen atoms in total. The Hall–Kier alpha value is -1.54. The fourth-order valence-corrected chi connectivity index (χ4v) is 1.73. The number of pyridine rings is 1. The molecule has 1 heterocycles. The zero-order chi connectivity index (χ0) is 10.8. The van der Waals surface area contributed by atoms with Crippen molar-refractivity contribution in [2.75, 3.05) is 5.73 Å². The summed E-state index contributed by atoms with van der Waals surface area (Å²) in [6.45, 7) is 2.01. The molecule has 0 bridgehead atoms. The first-order valence-electron chi connectivity index (χ1n) is 4.65. The molecule has 0 aliphatic rings. The third kappa shape index (κ3) is 2.10. The predicted octanol–water partition coefficient (Wildman–Crippen LogP) is 3.29. The molecule has 0 fully saturated rings. The monoisotopic (exact) mass is 218 g/mol. The number of hydrogen-bond donors (Lipinski definition) is 1. The maximum Gasteiger partial charge on any atom is 0.123 e. The Balaban J connectivity index is 2.54. The van der Waals surface area contributed by atoms with Crippen molar-refractivity contribution in [1.82, 2.24) is 4.98 Å². The van der Waals surface area contributed by atoms with Crippen LogP contribution in [0.25, 0.3) is 11.1 Å². The summed E-state index contributed by atoms with van der Waals surface area (Å²) in [6.07, 6.45) is 1.77. The van der Waals surface area contributed by atoms with Crippen LogP contribution >= 0.6 is 11.6 Å². The van der Waals surface area contributed by atoms with Crippen molar-refractivity contribution in [2.45, 2.75) is 6.92 Å². The zero-order valence-electron chi connectivity index (χ0n) is 8.37. The SMILES string of the molecule is Cc1cc(N)ncc1-c1cccc(Cl)c1. The molecule has 2 rings (SSSR count). The second kappa shape index (κ2) is 3.91. The highest BCUT2D eigenvalue weighted by atomic mass is 35.5. The molecule has 0 amide bonds. The fraction of sp³-hybridized carbons (Fsp3) is 0.0833. The summed E-state index contributed by atoms with van der Waals surface area (Å²) in [5.74, 6) is 0.540. The number of benzene rings is 1. The van der Waals surface area contributed by atoms with Crippen LogP contribution < -0.4 is 5.73 Å². The third-order valence-corrected chi connectivity index (χ3v) is 2.50. The minimum atomic E-state index is 0.540. The maximum atomic E-state index is 5.93. The average molecular weight is 219 g/mol. The van der Waals surface area contributed by atoms with Crippen LogP contribution in [0.3, 0.4) is 0 Å². The van der Waals surface area contributed by atoms with E-state index in [1.165, 1.54) is 0 Å². The van der Waals surface area contributed by atoms with Crippen LogP contribution in [0.2, 0.25) is 5.02 Å². The van der Waals surface area contributed by atoms with Gasteiger partial charge in [-0.15, -0.1) is 0 Å². The highest BCUT2D eigenvalue weighted by Gasteiger charge is 2.03. The number of anilines is 1. The molecule has 1 aromatic carbocycles. The Bertz CT molecular complexity index is 495. The quantitative estimate of drug-likeness (QED) is 0.798. The van der Waals surface area contributed by atoms with Crippen LogP contribution in [0.15, 0.2) is 36.5 Å². The molecule has 3 heteroatoms. The molecule has 0 spiro atoms. The standard InChI is InChI=1S/C12H11ClN2/c1-8-5-12(14)15-7-11(8)9-3-2-4-10(13)6-9/h2-7H,1H3,(H2,14,15). The van der Waals surface area contributed by atoms with E-state index in [2.05, 4.69) is 4.98 Å². The van der Waals surface area contributed by atoms with E-state index in [9.17, 15) is 0 Å². The fourth-order valence-electron chi connectivity index (χ4n) is 1.54. The van der Waals surface area contributed by atoms with Gasteiger partial charge in [-0.1, -0.05) is 23.7 Å². The molecule has 2 N–H and O–H groups in total. The lowest BCUT2D eigenvalue weighted by molar-refractivity contribution is 1.29. The average Bonchev–Trinajstić information content (AvgIpc) is 2.17. The molecule has 0 radical (unpaired) electrons. The van der Waals surface area contributed by atoms with Gasteiger partial charge < -0.3 is 5.73 Å². The van der Waals surface area contributed by atoms with Crippen molar-refractivity contribution in [2.24, 2.45) is 0 Å². The molecule has 0 aliphatic carbocycles. The minimum Gasteiger partial charge on any atom is -0.384 e. The Morgan fingerprint density at radius 2 is 2.07 bits per heavy atom. The largest absolute Gasteiger partial charge is 0.384 e. The van der Waals surface area contributed by atoms with Crippen molar-refractivity contribution >= 4 is 17.4 Å². The van der Waals surface area contributed by atoms with Crippen molar-refractivity contribution < 1.29 is 0 Å². The van der Waals surface area contributed by atoms with Crippen molar-refractivity contribution in [3.05, 3.63) is 47.1 Å². The molecular formula is C12H11ClN2. The lowest BCUT2D eigenvalue weighted by Crippen LogP contribution is -1.92. The Labute approximate surface area is 93.7 Å². The molecule has 1 aromatic heterocycles. The van der Waals surface area contributed by atoms with E-state index in [-0.39, 0.29) is 0 Å². The number of nitrogens with zero attached hydrogens (tertiary/aromatic N) is 1. The Kier molecular flexibility index (Phi) is 2.60. The first kappa shape index (κ1) is 9.99. The van der Waals surface area contributed by atoms with Gasteiger partial charge in [0.25, 0.3) is 0 Å². The second-order valence-corrected chi connectivity index (χ2v) is 3.87. The molecule has 0 unspecified atom stereocenters. The number of aryl methyl sites for hydroxylation is 1. The van der Waals surface area contributed by atoms with E-state index < -0.39 is 0 Å². The van der Waals surface area contributed by atoms with E-state index in [0.717, 1.165) is 21.7 Å². The summed E-state index contributed by atoms with van der Waals surface area (Å²) >= 11 is 5.93. The van der Waals surface area contributed by atoms with Crippen LogP contribution in [-0.4, -0.2) is 4.98 Å². The van der Waals surface area contributed by atoms with Gasteiger partial charge in [-0.05, 0) is 36.2 Å². The number of hydrogen-bond acceptors (Lipinski definition) is 2. The predicted molar refractivity (Wildman–Crippen MR) is 63.8 cm³/mol. The van der Waals surface area contributed by atoms with Gasteiger partial charge in [0.2, 0.25) is 0 Å². The summed E-state index contributed by atoms with van der Waals surface area (Å²) in [5, 5.41) is 0.726. The Morgan fingerprint density at radius 3 is 2.73 bits per heavy atom. The van der Waals surface area contributed by atoms with Gasteiger partial charge in [0.05, 0.1) is 0 Å². The molecule has 0 saturated carbocycles. The van der Waals surface area contributed by atoms with Gasteiger partial charge in [-0.2, -0.15) is 0 Å². The van der Waals surface area contributed by atoms with Gasteiger partial charge >= 0.3 is 0 Å². The number of nitrogens with two attached hydrogens (primary N) is 1. The van der Waals surface area contributed by atoms with E-state index in [1.54, 1.807) is 6.20 Å². The van der Waals surface area contributed by atoms with E-state index in [4.69, 9.17) is 17.3 Å². The highest BCUT2D eigenvalue weighted by molar-refractivity contribution is 6.30. The van der Waals surface area contributed by atoms with Crippen LogP contribution in [0.1, 0.15) is 5.56 Å². The normalized spacial score (nSPS) is 10.3. The number of aromatic nitrogens is 1. The molecule has 2 aromatic rings. The minimum absolute atomic E-state index is 0.540. The molecular weight excluding hydrogens is 208 g/mol. The lowest BCUT2D eigenvalue weighted by atomic mass is 10.0. The maximum absolute atomic E-state index is 5.93. The number of rotatable bonds is 1. The smallest absolute Gasteiger partial charge is 0.123 e. The zero-order valence-corrected chi connectivity index (χ0v) is 9.12. The summed E-state index contributed by atoms with van der Waals surface area (Å²) < 4.78 is 0. The third-order valence-electron chi connectivity index (χ3n) is 2.27. The second-order valence-electron chi connectivity index (χ2n) is 3.43. The molecule has 0 aliphatic heterocycles. The van der Waals surface area contributed by atoms with Crippen LogP contribution in [0.4, 0.5) is 5.82 Å². The summed E-state index contributed by atoms with van der Waals surface area (Å²) in [6, 6.07) is 9.56. The van der Waals surface area contributed by atoms with Gasteiger partial charge in [-0.25, -0.2) is 4.98 Å². The molecule has 0 saturated heterocycles. The van der Waals surface area contributed by atoms with E-state index >= 15 is 0 Å². The van der Waals surface area contributed by atoms with Crippen LogP contribution in [0.5, 0.6) is 0 Å². The highest BCUT2D eigenvalue weighted by Crippen LogP contribution is 2.25. The van der Waals surface area contributed by atoms with Crippen LogP contribution in [0, 0.1) is 6.92 Å². The molecule has 15 heavy (non-hydrogen) atoms. The number of halogens is 1. The summed E-state index contributed by atoms with van der Waals surface area (Å²) in [4.78, 5) is 4.08. The van der Waals surface area contributed by atoms with Crippen molar-refractivity contribution in [3.8, 4) is 11.1 Å². The summed E-state index contributed by atoms with van der Waals surface area (Å²) in [7, 11) is 0. The molecule has 76 valence electrons. The van der Waals surface area contributed by atoms with Crippen molar-refractivity contribution in [3.63, 3.8) is 0 Å². The number of nitrogen functional groups attached to an aromatic ring is 1. The van der Waals surface area contributed by atoms with Crippen LogP contribution in [-0.2, 0) is 0 Å².